The van der Waals surface area contributed by atoms with Crippen LogP contribution >= 0.6 is 0 Å². The summed E-state index contributed by atoms with van der Waals surface area (Å²) in [6, 6.07) is 6.61. The summed E-state index contributed by atoms with van der Waals surface area (Å²) in [4.78, 5) is 4.09. The highest BCUT2D eigenvalue weighted by atomic mass is 19.4. The Balaban J connectivity index is 1.95. The molecule has 0 aliphatic rings. The van der Waals surface area contributed by atoms with Crippen LogP contribution in [0.25, 0.3) is 10.8 Å². The van der Waals surface area contributed by atoms with Crippen molar-refractivity contribution in [2.45, 2.75) is 6.18 Å². The van der Waals surface area contributed by atoms with E-state index in [1.54, 1.807) is 30.5 Å². The van der Waals surface area contributed by atoms with E-state index in [4.69, 9.17) is 0 Å². The molecule has 0 aliphatic heterocycles. The van der Waals surface area contributed by atoms with Crippen LogP contribution in [0.15, 0.2) is 30.5 Å². The lowest BCUT2D eigenvalue weighted by molar-refractivity contribution is -0.172. The second-order valence-electron chi connectivity index (χ2n) is 4.16. The zero-order valence-electron chi connectivity index (χ0n) is 10.4. The lowest BCUT2D eigenvalue weighted by atomic mass is 10.1. The Morgan fingerprint density at radius 3 is 2.80 bits per heavy atom. The summed E-state index contributed by atoms with van der Waals surface area (Å²) in [5.74, 6) is 0.593. The normalized spacial score (nSPS) is 11.8. The average Bonchev–Trinajstić information content (AvgIpc) is 2.37. The van der Waals surface area contributed by atoms with Crippen LogP contribution in [0.4, 0.5) is 19.0 Å². The van der Waals surface area contributed by atoms with Gasteiger partial charge in [0.15, 0.2) is 0 Å². The number of hydrogen-bond donors (Lipinski definition) is 2. The summed E-state index contributed by atoms with van der Waals surface area (Å²) >= 11 is 0. The van der Waals surface area contributed by atoms with Gasteiger partial charge in [-0.1, -0.05) is 6.07 Å². The van der Waals surface area contributed by atoms with E-state index in [1.807, 2.05) is 0 Å². The van der Waals surface area contributed by atoms with E-state index in [9.17, 15) is 18.3 Å². The van der Waals surface area contributed by atoms with Crippen LogP contribution < -0.4 is 5.32 Å². The van der Waals surface area contributed by atoms with Crippen molar-refractivity contribution in [3.8, 4) is 5.75 Å². The van der Waals surface area contributed by atoms with Gasteiger partial charge in [0.1, 0.15) is 18.2 Å². The molecule has 0 fully saturated rings. The van der Waals surface area contributed by atoms with Crippen molar-refractivity contribution in [1.29, 1.82) is 0 Å². The molecule has 108 valence electrons. The number of alkyl halides is 3. The van der Waals surface area contributed by atoms with Gasteiger partial charge in [-0.25, -0.2) is 4.98 Å². The largest absolute Gasteiger partial charge is 0.508 e. The molecule has 2 rings (SSSR count). The van der Waals surface area contributed by atoms with Crippen LogP contribution in [0.3, 0.4) is 0 Å². The molecule has 20 heavy (non-hydrogen) atoms. The van der Waals surface area contributed by atoms with Gasteiger partial charge in [-0.2, -0.15) is 13.2 Å². The van der Waals surface area contributed by atoms with Crippen LogP contribution in [0.5, 0.6) is 5.75 Å². The molecule has 0 saturated heterocycles. The van der Waals surface area contributed by atoms with Gasteiger partial charge < -0.3 is 15.2 Å². The molecule has 1 aromatic carbocycles. The van der Waals surface area contributed by atoms with Gasteiger partial charge in [0.25, 0.3) is 0 Å². The highest BCUT2D eigenvalue weighted by molar-refractivity contribution is 5.92. The summed E-state index contributed by atoms with van der Waals surface area (Å²) in [5.41, 5.74) is 0. The zero-order valence-corrected chi connectivity index (χ0v) is 10.4. The first-order valence-corrected chi connectivity index (χ1v) is 5.92. The molecule has 0 bridgehead atoms. The molecule has 0 radical (unpaired) electrons. The molecule has 0 atom stereocenters. The third-order valence-electron chi connectivity index (χ3n) is 2.55. The second-order valence-corrected chi connectivity index (χ2v) is 4.16. The SMILES string of the molecule is Oc1ccc2ccnc(NCCOCC(F)(F)F)c2c1. The van der Waals surface area contributed by atoms with Crippen LogP contribution in [-0.2, 0) is 4.74 Å². The number of aromatic nitrogens is 1. The lowest BCUT2D eigenvalue weighted by Crippen LogP contribution is -2.20. The molecule has 0 spiro atoms. The van der Waals surface area contributed by atoms with Crippen molar-refractivity contribution >= 4 is 16.6 Å². The fourth-order valence-corrected chi connectivity index (χ4v) is 1.73. The third kappa shape index (κ3) is 3.99. The zero-order chi connectivity index (χ0) is 14.6. The maximum atomic E-state index is 11.9. The molecule has 4 nitrogen and oxygen atoms in total. The number of fused-ring (bicyclic) bond motifs is 1. The van der Waals surface area contributed by atoms with E-state index in [0.717, 1.165) is 5.39 Å². The van der Waals surface area contributed by atoms with E-state index in [0.29, 0.717) is 11.2 Å². The highest BCUT2D eigenvalue weighted by Crippen LogP contribution is 2.24. The van der Waals surface area contributed by atoms with Crippen molar-refractivity contribution in [3.05, 3.63) is 30.5 Å². The van der Waals surface area contributed by atoms with Gasteiger partial charge in [-0.3, -0.25) is 0 Å². The molecule has 2 aromatic rings. The van der Waals surface area contributed by atoms with Crippen molar-refractivity contribution in [2.75, 3.05) is 25.1 Å². The number of nitrogens with zero attached hydrogens (tertiary/aromatic N) is 1. The lowest BCUT2D eigenvalue weighted by Gasteiger charge is -2.10. The third-order valence-corrected chi connectivity index (χ3v) is 2.55. The fraction of sp³-hybridized carbons (Fsp3) is 0.308. The Hall–Kier alpha value is -2.02. The molecule has 1 heterocycles. The number of ether oxygens (including phenoxy) is 1. The Bertz CT molecular complexity index is 587. The molecular weight excluding hydrogens is 273 g/mol. The quantitative estimate of drug-likeness (QED) is 0.830. The molecule has 0 unspecified atom stereocenters. The fourth-order valence-electron chi connectivity index (χ4n) is 1.73. The van der Waals surface area contributed by atoms with Crippen molar-refractivity contribution in [2.24, 2.45) is 0 Å². The molecular formula is C13H13F3N2O2. The van der Waals surface area contributed by atoms with Gasteiger partial charge in [0.05, 0.1) is 6.61 Å². The number of rotatable bonds is 5. The van der Waals surface area contributed by atoms with E-state index in [1.165, 1.54) is 0 Å². The van der Waals surface area contributed by atoms with Gasteiger partial charge in [-0.15, -0.1) is 0 Å². The summed E-state index contributed by atoms with van der Waals surface area (Å²) in [7, 11) is 0. The van der Waals surface area contributed by atoms with Gasteiger partial charge in [0, 0.05) is 18.1 Å². The molecule has 2 N–H and O–H groups in total. The summed E-state index contributed by atoms with van der Waals surface area (Å²) in [6.07, 6.45) is -2.73. The predicted octanol–water partition coefficient (Wildman–Crippen LogP) is 2.93. The van der Waals surface area contributed by atoms with Crippen LogP contribution in [0.1, 0.15) is 0 Å². The smallest absolute Gasteiger partial charge is 0.411 e. The van der Waals surface area contributed by atoms with Crippen molar-refractivity contribution in [3.63, 3.8) is 0 Å². The maximum absolute atomic E-state index is 11.9. The van der Waals surface area contributed by atoms with Crippen molar-refractivity contribution < 1.29 is 23.0 Å². The van der Waals surface area contributed by atoms with Gasteiger partial charge in [0.2, 0.25) is 0 Å². The van der Waals surface area contributed by atoms with Crippen LogP contribution in [-0.4, -0.2) is 36.0 Å². The van der Waals surface area contributed by atoms with Gasteiger partial charge >= 0.3 is 6.18 Å². The standard InChI is InChI=1S/C13H13F3N2O2/c14-13(15,16)8-20-6-5-18-12-11-7-10(19)2-1-9(11)3-4-17-12/h1-4,7,19H,5-6,8H2,(H,17,18). The van der Waals surface area contributed by atoms with E-state index >= 15 is 0 Å². The number of phenols is 1. The first-order valence-electron chi connectivity index (χ1n) is 5.92. The molecule has 0 aliphatic carbocycles. The number of benzene rings is 1. The molecule has 1 aromatic heterocycles. The Morgan fingerprint density at radius 1 is 1.25 bits per heavy atom. The second kappa shape index (κ2) is 5.96. The summed E-state index contributed by atoms with van der Waals surface area (Å²) < 4.78 is 40.1. The number of nitrogens with one attached hydrogen (secondary N) is 1. The predicted molar refractivity (Wildman–Crippen MR) is 68.8 cm³/mol. The van der Waals surface area contributed by atoms with E-state index in [2.05, 4.69) is 15.0 Å². The Kier molecular flexibility index (Phi) is 4.29. The Morgan fingerprint density at radius 2 is 2.05 bits per heavy atom. The first kappa shape index (κ1) is 14.4. The molecule has 7 heteroatoms. The number of aromatic hydroxyl groups is 1. The first-order chi connectivity index (χ1) is 9.46. The topological polar surface area (TPSA) is 54.4 Å². The minimum atomic E-state index is -4.32. The molecule has 0 amide bonds. The minimum absolute atomic E-state index is 0.0869. The number of pyridine rings is 1. The Labute approximate surface area is 113 Å². The number of phenolic OH excluding ortho intramolecular Hbond substituents is 1. The van der Waals surface area contributed by atoms with E-state index < -0.39 is 12.8 Å². The monoisotopic (exact) mass is 286 g/mol. The summed E-state index contributed by atoms with van der Waals surface area (Å²) in [6.45, 7) is -1.16. The average molecular weight is 286 g/mol. The minimum Gasteiger partial charge on any atom is -0.508 e. The number of hydrogen-bond acceptors (Lipinski definition) is 4. The highest BCUT2D eigenvalue weighted by Gasteiger charge is 2.27. The van der Waals surface area contributed by atoms with Gasteiger partial charge in [-0.05, 0) is 23.6 Å². The van der Waals surface area contributed by atoms with Crippen LogP contribution in [0.2, 0.25) is 0 Å². The van der Waals surface area contributed by atoms with Crippen molar-refractivity contribution in [1.82, 2.24) is 4.98 Å². The number of halogens is 3. The summed E-state index contributed by atoms with van der Waals surface area (Å²) in [5, 5.41) is 13.9. The van der Waals surface area contributed by atoms with Crippen LogP contribution in [0, 0.1) is 0 Å². The number of anilines is 1. The van der Waals surface area contributed by atoms with E-state index in [-0.39, 0.29) is 18.9 Å². The molecule has 0 saturated carbocycles. The maximum Gasteiger partial charge on any atom is 0.411 e.